The van der Waals surface area contributed by atoms with Crippen molar-refractivity contribution in [2.45, 2.75) is 0 Å². The summed E-state index contributed by atoms with van der Waals surface area (Å²) in [6, 6.07) is 5.69. The van der Waals surface area contributed by atoms with Gasteiger partial charge in [-0.2, -0.15) is 0 Å². The second-order valence-electron chi connectivity index (χ2n) is 2.72. The molecule has 0 radical (unpaired) electrons. The smallest absolute Gasteiger partial charge is 0.221 e. The fraction of sp³-hybridized carbons (Fsp3) is 0. The van der Waals surface area contributed by atoms with E-state index in [4.69, 9.17) is 0 Å². The molecule has 0 aliphatic carbocycles. The van der Waals surface area contributed by atoms with Crippen molar-refractivity contribution in [1.82, 2.24) is 9.97 Å². The van der Waals surface area contributed by atoms with Crippen LogP contribution in [-0.4, -0.2) is 22.9 Å². The van der Waals surface area contributed by atoms with Crippen molar-refractivity contribution in [3.63, 3.8) is 0 Å². The molecule has 1 N–H and O–H groups in total. The lowest BCUT2D eigenvalue weighted by molar-refractivity contribution is 0.459. The molecule has 2 rings (SSSR count). The minimum atomic E-state index is 0.0451. The van der Waals surface area contributed by atoms with Gasteiger partial charge in [0.15, 0.2) is 0 Å². The molecule has 0 spiro atoms. The van der Waals surface area contributed by atoms with Gasteiger partial charge in [-0.25, -0.2) is 9.97 Å². The van der Waals surface area contributed by atoms with Crippen molar-refractivity contribution >= 4 is 24.2 Å². The summed E-state index contributed by atoms with van der Waals surface area (Å²) in [6.07, 6.45) is 1.35. The van der Waals surface area contributed by atoms with Gasteiger partial charge in [0.2, 0.25) is 5.88 Å². The highest BCUT2D eigenvalue weighted by Gasteiger charge is 1.99. The van der Waals surface area contributed by atoms with Crippen molar-refractivity contribution in [1.29, 1.82) is 0 Å². The molecule has 1 aromatic heterocycles. The molecule has 0 aliphatic rings. The number of aromatic nitrogens is 2. The molecular weight excluding hydrogens is 151 g/mol. The summed E-state index contributed by atoms with van der Waals surface area (Å²) >= 11 is 0. The fourth-order valence-electron chi connectivity index (χ4n) is 1.16. The zero-order chi connectivity index (χ0) is 8.55. The molecule has 3 nitrogen and oxygen atoms in total. The van der Waals surface area contributed by atoms with Crippen molar-refractivity contribution in [3.8, 4) is 5.88 Å². The van der Waals surface area contributed by atoms with E-state index >= 15 is 0 Å². The van der Waals surface area contributed by atoms with Crippen LogP contribution in [0, 0.1) is 0 Å². The Labute approximate surface area is 70.5 Å². The normalized spacial score (nSPS) is 10.3. The molecule has 1 heterocycles. The van der Waals surface area contributed by atoms with E-state index in [1.54, 1.807) is 0 Å². The van der Waals surface area contributed by atoms with Crippen LogP contribution in [0.5, 0.6) is 5.88 Å². The average Bonchev–Trinajstić information content (AvgIpc) is 2.07. The lowest BCUT2D eigenvalue weighted by atomic mass is 9.95. The standard InChI is InChI=1S/C8H7BN2O/c9-5-1-2-7-6(3-5)8(12)11-4-10-7/h1-4H,9H2,(H,10,11,12). The Morgan fingerprint density at radius 3 is 2.92 bits per heavy atom. The molecule has 0 saturated carbocycles. The van der Waals surface area contributed by atoms with E-state index in [1.807, 2.05) is 26.0 Å². The van der Waals surface area contributed by atoms with E-state index < -0.39 is 0 Å². The third-order valence-corrected chi connectivity index (χ3v) is 1.77. The number of nitrogens with zero attached hydrogens (tertiary/aromatic N) is 2. The largest absolute Gasteiger partial charge is 0.493 e. The number of aromatic hydroxyl groups is 1. The van der Waals surface area contributed by atoms with Gasteiger partial charge < -0.3 is 5.11 Å². The Morgan fingerprint density at radius 2 is 2.08 bits per heavy atom. The van der Waals surface area contributed by atoms with Crippen LogP contribution in [0.4, 0.5) is 0 Å². The molecule has 0 bridgehead atoms. The molecule has 0 amide bonds. The quantitative estimate of drug-likeness (QED) is 0.530. The summed E-state index contributed by atoms with van der Waals surface area (Å²) in [7, 11) is 1.96. The zero-order valence-corrected chi connectivity index (χ0v) is 6.65. The van der Waals surface area contributed by atoms with E-state index in [2.05, 4.69) is 9.97 Å². The van der Waals surface area contributed by atoms with Crippen molar-refractivity contribution in [3.05, 3.63) is 24.5 Å². The zero-order valence-electron chi connectivity index (χ0n) is 6.65. The van der Waals surface area contributed by atoms with E-state index in [1.165, 1.54) is 6.33 Å². The molecule has 58 valence electrons. The van der Waals surface area contributed by atoms with Crippen molar-refractivity contribution in [2.24, 2.45) is 0 Å². The molecule has 0 aliphatic heterocycles. The van der Waals surface area contributed by atoms with Gasteiger partial charge in [-0.1, -0.05) is 17.6 Å². The van der Waals surface area contributed by atoms with Crippen molar-refractivity contribution in [2.75, 3.05) is 0 Å². The predicted molar refractivity (Wildman–Crippen MR) is 49.4 cm³/mol. The molecule has 4 heteroatoms. The number of hydrogen-bond acceptors (Lipinski definition) is 3. The maximum absolute atomic E-state index is 9.34. The third-order valence-electron chi connectivity index (χ3n) is 1.77. The minimum Gasteiger partial charge on any atom is -0.493 e. The molecular formula is C8H7BN2O. The lowest BCUT2D eigenvalue weighted by Crippen LogP contribution is -2.00. The molecule has 2 aromatic rings. The van der Waals surface area contributed by atoms with Crippen LogP contribution in [0.1, 0.15) is 0 Å². The summed E-state index contributed by atoms with van der Waals surface area (Å²) in [6.45, 7) is 0. The second-order valence-corrected chi connectivity index (χ2v) is 2.72. The number of hydrogen-bond donors (Lipinski definition) is 1. The van der Waals surface area contributed by atoms with Crippen molar-refractivity contribution < 1.29 is 5.11 Å². The van der Waals surface area contributed by atoms with Crippen LogP contribution >= 0.6 is 0 Å². The highest BCUT2D eigenvalue weighted by molar-refractivity contribution is 6.33. The van der Waals surface area contributed by atoms with Gasteiger partial charge in [0.05, 0.1) is 10.9 Å². The predicted octanol–water partition coefficient (Wildman–Crippen LogP) is -0.406. The molecule has 0 atom stereocenters. The van der Waals surface area contributed by atoms with Gasteiger partial charge in [-0.15, -0.1) is 0 Å². The highest BCUT2D eigenvalue weighted by Crippen LogP contribution is 2.17. The molecule has 1 aromatic carbocycles. The molecule has 0 unspecified atom stereocenters. The maximum atomic E-state index is 9.34. The number of fused-ring (bicyclic) bond motifs is 1. The summed E-state index contributed by atoms with van der Waals surface area (Å²) < 4.78 is 0. The monoisotopic (exact) mass is 158 g/mol. The van der Waals surface area contributed by atoms with Gasteiger partial charge in [0.25, 0.3) is 0 Å². The SMILES string of the molecule is Bc1ccc2ncnc(O)c2c1. The van der Waals surface area contributed by atoms with Crippen LogP contribution in [0.3, 0.4) is 0 Å². The first-order valence-electron chi connectivity index (χ1n) is 3.68. The lowest BCUT2D eigenvalue weighted by Gasteiger charge is -1.98. The molecule has 0 saturated heterocycles. The average molecular weight is 158 g/mol. The Morgan fingerprint density at radius 1 is 1.25 bits per heavy atom. The summed E-state index contributed by atoms with van der Waals surface area (Å²) in [5.74, 6) is 0.0451. The van der Waals surface area contributed by atoms with E-state index in [0.29, 0.717) is 5.39 Å². The number of rotatable bonds is 0. The van der Waals surface area contributed by atoms with E-state index in [9.17, 15) is 5.11 Å². The van der Waals surface area contributed by atoms with Gasteiger partial charge >= 0.3 is 0 Å². The maximum Gasteiger partial charge on any atom is 0.221 e. The van der Waals surface area contributed by atoms with Crippen LogP contribution in [0.2, 0.25) is 0 Å². The van der Waals surface area contributed by atoms with Gasteiger partial charge in [0, 0.05) is 0 Å². The fourth-order valence-corrected chi connectivity index (χ4v) is 1.16. The summed E-state index contributed by atoms with van der Waals surface area (Å²) in [5, 5.41) is 10.1. The first-order valence-corrected chi connectivity index (χ1v) is 3.68. The second kappa shape index (κ2) is 2.48. The Hall–Kier alpha value is -1.58. The molecule has 0 fully saturated rings. The Kier molecular flexibility index (Phi) is 1.47. The summed E-state index contributed by atoms with van der Waals surface area (Å²) in [5.41, 5.74) is 1.86. The number of benzene rings is 1. The first-order chi connectivity index (χ1) is 5.77. The Bertz CT molecular complexity index is 430. The molecule has 12 heavy (non-hydrogen) atoms. The van der Waals surface area contributed by atoms with E-state index in [0.717, 1.165) is 11.0 Å². The van der Waals surface area contributed by atoms with Crippen LogP contribution < -0.4 is 5.46 Å². The first kappa shape index (κ1) is 7.09. The topological polar surface area (TPSA) is 46.0 Å². The van der Waals surface area contributed by atoms with Crippen LogP contribution in [0.15, 0.2) is 24.5 Å². The third kappa shape index (κ3) is 1.01. The van der Waals surface area contributed by atoms with Crippen LogP contribution in [-0.2, 0) is 0 Å². The van der Waals surface area contributed by atoms with Gasteiger partial charge in [-0.05, 0) is 6.07 Å². The highest BCUT2D eigenvalue weighted by atomic mass is 16.3. The minimum absolute atomic E-state index is 0.0451. The summed E-state index contributed by atoms with van der Waals surface area (Å²) in [4.78, 5) is 7.70. The van der Waals surface area contributed by atoms with Crippen LogP contribution in [0.25, 0.3) is 10.9 Å². The Balaban J connectivity index is 2.88. The van der Waals surface area contributed by atoms with Gasteiger partial charge in [0.1, 0.15) is 14.2 Å². The van der Waals surface area contributed by atoms with Gasteiger partial charge in [-0.3, -0.25) is 0 Å². The van der Waals surface area contributed by atoms with E-state index in [-0.39, 0.29) is 5.88 Å².